The first-order valence-corrected chi connectivity index (χ1v) is 8.90. The van der Waals surface area contributed by atoms with Gasteiger partial charge in [-0.25, -0.2) is 0 Å². The number of nitrogens with two attached hydrogens (primary N) is 1. The summed E-state index contributed by atoms with van der Waals surface area (Å²) in [5.41, 5.74) is 6.39. The van der Waals surface area contributed by atoms with Crippen LogP contribution in [0.5, 0.6) is 0 Å². The number of carbonyl (C=O) groups is 2. The summed E-state index contributed by atoms with van der Waals surface area (Å²) in [4.78, 5) is 29.0. The van der Waals surface area contributed by atoms with E-state index in [-0.39, 0.29) is 24.7 Å². The second kappa shape index (κ2) is 6.98. The van der Waals surface area contributed by atoms with Gasteiger partial charge in [0, 0.05) is 31.1 Å². The minimum Gasteiger partial charge on any atom is -0.368 e. The summed E-state index contributed by atoms with van der Waals surface area (Å²) in [5.74, 6) is -0.273. The van der Waals surface area contributed by atoms with Gasteiger partial charge in [0.1, 0.15) is 6.61 Å². The maximum Gasteiger partial charge on any atom is 0.243 e. The lowest BCUT2D eigenvalue weighted by Gasteiger charge is -2.32. The van der Waals surface area contributed by atoms with Gasteiger partial charge in [-0.2, -0.15) is 0 Å². The van der Waals surface area contributed by atoms with Crippen LogP contribution in [0.1, 0.15) is 23.8 Å². The average Bonchev–Trinajstić information content (AvgIpc) is 3.19. The highest BCUT2D eigenvalue weighted by Gasteiger charge is 2.33. The second-order valence-electron chi connectivity index (χ2n) is 6.24. The number of likely N-dealkylation sites (tertiary alicyclic amines) is 1. The van der Waals surface area contributed by atoms with E-state index in [2.05, 4.69) is 16.3 Å². The third-order valence-electron chi connectivity index (χ3n) is 4.66. The molecule has 0 radical (unpaired) electrons. The van der Waals surface area contributed by atoms with Gasteiger partial charge in [-0.3, -0.25) is 14.5 Å². The molecule has 0 aliphatic carbocycles. The van der Waals surface area contributed by atoms with Gasteiger partial charge >= 0.3 is 0 Å². The highest BCUT2D eigenvalue weighted by atomic mass is 32.1. The quantitative estimate of drug-likeness (QED) is 0.854. The van der Waals surface area contributed by atoms with Gasteiger partial charge in [0.25, 0.3) is 0 Å². The van der Waals surface area contributed by atoms with Gasteiger partial charge in [0.05, 0.1) is 12.1 Å². The van der Waals surface area contributed by atoms with Crippen molar-refractivity contribution < 1.29 is 14.3 Å². The van der Waals surface area contributed by atoms with Crippen LogP contribution in [0.25, 0.3) is 0 Å². The first-order valence-electron chi connectivity index (χ1n) is 8.02. The van der Waals surface area contributed by atoms with Gasteiger partial charge in [-0.05, 0) is 36.8 Å². The van der Waals surface area contributed by atoms with Crippen molar-refractivity contribution in [3.05, 3.63) is 21.9 Å². The van der Waals surface area contributed by atoms with Crippen LogP contribution in [0.2, 0.25) is 0 Å². The largest absolute Gasteiger partial charge is 0.368 e. The molecule has 2 atom stereocenters. The molecule has 0 spiro atoms. The molecule has 0 bridgehead atoms. The van der Waals surface area contributed by atoms with Crippen molar-refractivity contribution in [2.75, 3.05) is 26.2 Å². The first kappa shape index (κ1) is 16.4. The molecule has 7 heteroatoms. The highest BCUT2D eigenvalue weighted by Crippen LogP contribution is 2.25. The Morgan fingerprint density at radius 3 is 3.09 bits per heavy atom. The Morgan fingerprint density at radius 2 is 2.30 bits per heavy atom. The van der Waals surface area contributed by atoms with Crippen LogP contribution in [0, 0.1) is 0 Å². The van der Waals surface area contributed by atoms with Crippen LogP contribution in [0.4, 0.5) is 0 Å². The third kappa shape index (κ3) is 3.73. The molecule has 23 heavy (non-hydrogen) atoms. The summed E-state index contributed by atoms with van der Waals surface area (Å²) in [6.45, 7) is 4.92. The Morgan fingerprint density at radius 1 is 1.48 bits per heavy atom. The third-order valence-corrected chi connectivity index (χ3v) is 5.69. The van der Waals surface area contributed by atoms with E-state index in [4.69, 9.17) is 10.5 Å². The van der Waals surface area contributed by atoms with E-state index >= 15 is 0 Å². The number of ether oxygens (including phenoxy) is 1. The van der Waals surface area contributed by atoms with Gasteiger partial charge in [-0.15, -0.1) is 11.3 Å². The van der Waals surface area contributed by atoms with Crippen molar-refractivity contribution >= 4 is 23.2 Å². The van der Waals surface area contributed by atoms with Crippen LogP contribution in [0.15, 0.2) is 11.4 Å². The molecule has 0 unspecified atom stereocenters. The molecule has 3 rings (SSSR count). The number of rotatable bonds is 5. The molecule has 1 aromatic rings. The van der Waals surface area contributed by atoms with E-state index in [9.17, 15) is 9.59 Å². The van der Waals surface area contributed by atoms with Gasteiger partial charge < -0.3 is 15.4 Å². The van der Waals surface area contributed by atoms with E-state index in [1.54, 1.807) is 11.3 Å². The Hall–Kier alpha value is -1.44. The molecule has 2 amide bonds. The summed E-state index contributed by atoms with van der Waals surface area (Å²) in [6.07, 6.45) is 1.78. The number of hydrogen-bond donors (Lipinski definition) is 1. The number of primary amides is 1. The van der Waals surface area contributed by atoms with Crippen LogP contribution < -0.4 is 5.73 Å². The van der Waals surface area contributed by atoms with Crippen molar-refractivity contribution in [1.82, 2.24) is 9.80 Å². The minimum atomic E-state index is -0.451. The van der Waals surface area contributed by atoms with Crippen LogP contribution in [0.3, 0.4) is 0 Å². The molecule has 2 aliphatic heterocycles. The number of amides is 2. The van der Waals surface area contributed by atoms with Gasteiger partial charge in [-0.1, -0.05) is 0 Å². The lowest BCUT2D eigenvalue weighted by atomic mass is 10.1. The number of carbonyl (C=O) groups excluding carboxylic acids is 2. The highest BCUT2D eigenvalue weighted by molar-refractivity contribution is 7.10. The van der Waals surface area contributed by atoms with Gasteiger partial charge in [0.15, 0.2) is 0 Å². The zero-order chi connectivity index (χ0) is 16.4. The summed E-state index contributed by atoms with van der Waals surface area (Å²) >= 11 is 1.78. The number of fused-ring (bicyclic) bond motifs is 1. The Balaban J connectivity index is 1.53. The lowest BCUT2D eigenvalue weighted by Crippen LogP contribution is -2.48. The summed E-state index contributed by atoms with van der Waals surface area (Å²) in [5, 5.41) is 2.10. The minimum absolute atomic E-state index is 0.0115. The van der Waals surface area contributed by atoms with Crippen LogP contribution in [-0.4, -0.2) is 60.0 Å². The summed E-state index contributed by atoms with van der Waals surface area (Å²) in [7, 11) is 0. The number of thiophene rings is 1. The van der Waals surface area contributed by atoms with E-state index < -0.39 is 5.91 Å². The fourth-order valence-corrected chi connectivity index (χ4v) is 4.19. The first-order chi connectivity index (χ1) is 11.0. The maximum atomic E-state index is 12.8. The van der Waals surface area contributed by atoms with E-state index in [1.807, 2.05) is 11.8 Å². The molecule has 2 aliphatic rings. The molecule has 0 aromatic carbocycles. The standard InChI is InChI=1S/C16H23N3O3S/c1-11(18-5-2-13(9-18)22-10-15(17)20)16(21)19-6-3-14-12(8-19)4-7-23-14/h4,7,11,13H,2-3,5-6,8-10H2,1H3,(H2,17,20)/t11-,13+/m1/s1. The zero-order valence-electron chi connectivity index (χ0n) is 13.4. The molecule has 126 valence electrons. The monoisotopic (exact) mass is 337 g/mol. The van der Waals surface area contributed by atoms with Crippen molar-refractivity contribution in [2.24, 2.45) is 5.73 Å². The van der Waals surface area contributed by atoms with E-state index in [0.717, 1.165) is 32.5 Å². The van der Waals surface area contributed by atoms with Crippen molar-refractivity contribution in [2.45, 2.75) is 38.5 Å². The molecular weight excluding hydrogens is 314 g/mol. The van der Waals surface area contributed by atoms with Crippen molar-refractivity contribution in [1.29, 1.82) is 0 Å². The van der Waals surface area contributed by atoms with Crippen molar-refractivity contribution in [3.63, 3.8) is 0 Å². The fourth-order valence-electron chi connectivity index (χ4n) is 3.30. The Labute approximate surface area is 140 Å². The second-order valence-corrected chi connectivity index (χ2v) is 7.24. The predicted octanol–water partition coefficient (Wildman–Crippen LogP) is 0.597. The smallest absolute Gasteiger partial charge is 0.243 e. The van der Waals surface area contributed by atoms with Gasteiger partial charge in [0.2, 0.25) is 11.8 Å². The molecule has 1 aromatic heterocycles. The molecule has 0 saturated carbocycles. The summed E-state index contributed by atoms with van der Waals surface area (Å²) < 4.78 is 5.47. The normalized spacial score (nSPS) is 22.8. The van der Waals surface area contributed by atoms with E-state index in [1.165, 1.54) is 10.4 Å². The number of nitrogens with zero attached hydrogens (tertiary/aromatic N) is 2. The number of hydrogen-bond acceptors (Lipinski definition) is 5. The molecular formula is C16H23N3O3S. The Kier molecular flexibility index (Phi) is 4.99. The SMILES string of the molecule is C[C@H](C(=O)N1CCc2sccc2C1)N1CC[C@H](OCC(N)=O)C1. The molecule has 2 N–H and O–H groups in total. The summed E-state index contributed by atoms with van der Waals surface area (Å²) in [6, 6.07) is 1.96. The van der Waals surface area contributed by atoms with Crippen LogP contribution >= 0.6 is 11.3 Å². The fraction of sp³-hybridized carbons (Fsp3) is 0.625. The van der Waals surface area contributed by atoms with Crippen LogP contribution in [-0.2, 0) is 27.3 Å². The molecule has 6 nitrogen and oxygen atoms in total. The van der Waals surface area contributed by atoms with E-state index in [0.29, 0.717) is 6.54 Å². The van der Waals surface area contributed by atoms with Crippen molar-refractivity contribution in [3.8, 4) is 0 Å². The molecule has 1 fully saturated rings. The lowest BCUT2D eigenvalue weighted by molar-refractivity contribution is -0.137. The predicted molar refractivity (Wildman–Crippen MR) is 88.0 cm³/mol. The Bertz CT molecular complexity index is 589. The zero-order valence-corrected chi connectivity index (χ0v) is 14.2. The molecule has 1 saturated heterocycles. The topological polar surface area (TPSA) is 75.9 Å². The molecule has 3 heterocycles. The average molecular weight is 337 g/mol. The maximum absolute atomic E-state index is 12.8.